The zero-order chi connectivity index (χ0) is 20.0. The van der Waals surface area contributed by atoms with Crippen molar-refractivity contribution in [2.45, 2.75) is 61.7 Å². The lowest BCUT2D eigenvalue weighted by Gasteiger charge is -2.68. The summed E-state index contributed by atoms with van der Waals surface area (Å²) in [7, 11) is 0. The van der Waals surface area contributed by atoms with Gasteiger partial charge >= 0.3 is 0 Å². The average molecular weight is 397 g/mol. The Labute approximate surface area is 170 Å². The number of quaternary nitrogens is 1. The van der Waals surface area contributed by atoms with Crippen LogP contribution in [0.1, 0.15) is 43.2 Å². The Bertz CT molecular complexity index is 922. The topological polar surface area (TPSA) is 78.8 Å². The molecule has 0 radical (unpaired) electrons. The lowest BCUT2D eigenvalue weighted by molar-refractivity contribution is -0.924. The minimum absolute atomic E-state index is 0.0538. The molecule has 2 bridgehead atoms. The number of rotatable bonds is 5. The Morgan fingerprint density at radius 3 is 2.97 bits per heavy atom. The van der Waals surface area contributed by atoms with Crippen LogP contribution in [0.5, 0.6) is 11.5 Å². The molecule has 3 fully saturated rings. The largest absolute Gasteiger partial charge is 0.632 e. The molecule has 1 aromatic carbocycles. The van der Waals surface area contributed by atoms with Crippen LogP contribution in [0.4, 0.5) is 0 Å². The summed E-state index contributed by atoms with van der Waals surface area (Å²) in [5.74, 6) is 1.07. The molecule has 6 heteroatoms. The van der Waals surface area contributed by atoms with Crippen molar-refractivity contribution < 1.29 is 24.0 Å². The first kappa shape index (κ1) is 17.9. The van der Waals surface area contributed by atoms with E-state index in [1.807, 2.05) is 6.07 Å². The summed E-state index contributed by atoms with van der Waals surface area (Å²) in [6.07, 6.45) is 5.35. The Morgan fingerprint density at radius 1 is 1.38 bits per heavy atom. The number of benzene rings is 1. The fourth-order valence-corrected chi connectivity index (χ4v) is 7.01. The van der Waals surface area contributed by atoms with Crippen LogP contribution in [0, 0.1) is 11.1 Å². The zero-order valence-electron chi connectivity index (χ0n) is 16.6. The number of hydrogen-bond donors (Lipinski definition) is 1. The molecule has 29 heavy (non-hydrogen) atoms. The van der Waals surface area contributed by atoms with Gasteiger partial charge in [0.2, 0.25) is 0 Å². The number of hydrogen-bond acceptors (Lipinski definition) is 5. The number of nitrogens with zero attached hydrogens (tertiary/aromatic N) is 1. The van der Waals surface area contributed by atoms with E-state index < -0.39 is 17.1 Å². The van der Waals surface area contributed by atoms with E-state index in [4.69, 9.17) is 9.47 Å². The first-order valence-corrected chi connectivity index (χ1v) is 10.8. The van der Waals surface area contributed by atoms with Gasteiger partial charge in [0.05, 0.1) is 25.1 Å². The standard InChI is InChI=1S/C23H27NO5/c1-2-11-28-23-8-7-17(26)21-22(23)9-10-24(27,13-14-3-4-14)18(23)12-15-5-6-16(25)20(29-21)19(15)22/h2,5-6,14,18,21,25H,1,3-4,7-13H2/t18-,21?,22+,23-,24?/m1/s1. The normalized spacial score (nSPS) is 41.6. The van der Waals surface area contributed by atoms with E-state index in [0.29, 0.717) is 57.0 Å². The number of carbonyl (C=O) groups excluding carboxylic acids is 1. The molecule has 1 N–H and O–H groups in total. The zero-order valence-corrected chi connectivity index (χ0v) is 16.6. The predicted molar refractivity (Wildman–Crippen MR) is 106 cm³/mol. The molecule has 5 atom stereocenters. The van der Waals surface area contributed by atoms with Crippen molar-refractivity contribution in [3.63, 3.8) is 0 Å². The fraction of sp³-hybridized carbons (Fsp3) is 0.609. The number of aromatic hydroxyl groups is 1. The minimum Gasteiger partial charge on any atom is -0.632 e. The molecular formula is C23H27NO5. The van der Waals surface area contributed by atoms with Gasteiger partial charge in [0, 0.05) is 30.7 Å². The van der Waals surface area contributed by atoms with Gasteiger partial charge in [-0.15, -0.1) is 6.58 Å². The Balaban J connectivity index is 1.61. The maximum Gasteiger partial charge on any atom is 0.174 e. The second kappa shape index (κ2) is 5.62. The van der Waals surface area contributed by atoms with E-state index in [9.17, 15) is 15.1 Å². The van der Waals surface area contributed by atoms with E-state index in [1.165, 1.54) is 0 Å². The second-order valence-electron chi connectivity index (χ2n) is 9.64. The van der Waals surface area contributed by atoms with E-state index in [0.717, 1.165) is 24.0 Å². The summed E-state index contributed by atoms with van der Waals surface area (Å²) in [6, 6.07) is 3.29. The lowest BCUT2D eigenvalue weighted by atomic mass is 9.48. The highest BCUT2D eigenvalue weighted by atomic mass is 16.6. The van der Waals surface area contributed by atoms with Gasteiger partial charge < -0.3 is 24.4 Å². The highest BCUT2D eigenvalue weighted by Gasteiger charge is 2.77. The van der Waals surface area contributed by atoms with Crippen molar-refractivity contribution in [3.8, 4) is 11.5 Å². The molecule has 3 aliphatic carbocycles. The van der Waals surface area contributed by atoms with E-state index in [1.54, 1.807) is 12.1 Å². The first-order chi connectivity index (χ1) is 14.0. The van der Waals surface area contributed by atoms with E-state index >= 15 is 0 Å². The average Bonchev–Trinajstić information content (AvgIpc) is 3.43. The molecule has 2 unspecified atom stereocenters. The third-order valence-corrected chi connectivity index (χ3v) is 8.27. The van der Waals surface area contributed by atoms with Crippen LogP contribution in [0.3, 0.4) is 0 Å². The highest BCUT2D eigenvalue weighted by molar-refractivity contribution is 5.90. The van der Waals surface area contributed by atoms with Crippen molar-refractivity contribution in [1.82, 2.24) is 0 Å². The molecule has 2 heterocycles. The number of hydroxylamine groups is 3. The van der Waals surface area contributed by atoms with Gasteiger partial charge in [0.25, 0.3) is 0 Å². The maximum atomic E-state index is 14.3. The van der Waals surface area contributed by atoms with Crippen molar-refractivity contribution >= 4 is 5.78 Å². The van der Waals surface area contributed by atoms with Crippen LogP contribution in [0.15, 0.2) is 24.8 Å². The number of likely N-dealkylation sites (tertiary alicyclic amines) is 1. The quantitative estimate of drug-likeness (QED) is 0.470. The molecule has 1 spiro atoms. The van der Waals surface area contributed by atoms with Crippen LogP contribution in [0.2, 0.25) is 0 Å². The van der Waals surface area contributed by atoms with Gasteiger partial charge in [-0.05, 0) is 30.9 Å². The molecule has 2 aliphatic heterocycles. The van der Waals surface area contributed by atoms with Gasteiger partial charge in [0.1, 0.15) is 11.6 Å². The van der Waals surface area contributed by atoms with Crippen LogP contribution in [0.25, 0.3) is 0 Å². The van der Waals surface area contributed by atoms with Crippen LogP contribution in [-0.2, 0) is 21.4 Å². The molecule has 0 amide bonds. The summed E-state index contributed by atoms with van der Waals surface area (Å²) in [5, 5.41) is 24.8. The molecular weight excluding hydrogens is 370 g/mol. The summed E-state index contributed by atoms with van der Waals surface area (Å²) >= 11 is 0. The molecule has 6 rings (SSSR count). The first-order valence-electron chi connectivity index (χ1n) is 10.8. The number of piperidine rings is 1. The molecule has 2 saturated carbocycles. The van der Waals surface area contributed by atoms with Crippen LogP contribution < -0.4 is 4.74 Å². The number of phenols is 1. The minimum atomic E-state index is -0.763. The molecule has 5 aliphatic rings. The molecule has 154 valence electrons. The van der Waals surface area contributed by atoms with Crippen LogP contribution >= 0.6 is 0 Å². The summed E-state index contributed by atoms with van der Waals surface area (Å²) in [6.45, 7) is 5.28. The lowest BCUT2D eigenvalue weighted by Crippen LogP contribution is -2.81. The van der Waals surface area contributed by atoms with Gasteiger partial charge in [-0.3, -0.25) is 4.79 Å². The Kier molecular flexibility index (Phi) is 3.48. The maximum absolute atomic E-state index is 14.3. The van der Waals surface area contributed by atoms with Crippen molar-refractivity contribution in [2.75, 3.05) is 19.7 Å². The van der Waals surface area contributed by atoms with Gasteiger partial charge in [-0.2, -0.15) is 0 Å². The van der Waals surface area contributed by atoms with Gasteiger partial charge in [-0.1, -0.05) is 12.1 Å². The molecule has 1 saturated heterocycles. The summed E-state index contributed by atoms with van der Waals surface area (Å²) in [4.78, 5) is 13.0. The predicted octanol–water partition coefficient (Wildman–Crippen LogP) is 2.75. The number of Topliss-reactive ketones (excluding diaryl/α,β-unsaturated/α-hetero) is 1. The summed E-state index contributed by atoms with van der Waals surface area (Å²) < 4.78 is 12.5. The van der Waals surface area contributed by atoms with E-state index in [-0.39, 0.29) is 22.2 Å². The number of ether oxygens (including phenoxy) is 2. The number of carbonyl (C=O) groups is 1. The highest BCUT2D eigenvalue weighted by Crippen LogP contribution is 2.67. The monoisotopic (exact) mass is 397 g/mol. The third-order valence-electron chi connectivity index (χ3n) is 8.27. The van der Waals surface area contributed by atoms with E-state index in [2.05, 4.69) is 6.58 Å². The SMILES string of the molecule is C=CCO[C@@]12CCC(=O)C3Oc4c(O)ccc5c4[C@@]31CC[N+]([O-])(CC1CC1)[C@@H]2C5. The van der Waals surface area contributed by atoms with Crippen molar-refractivity contribution in [2.24, 2.45) is 5.92 Å². The molecule has 1 aromatic rings. The van der Waals surface area contributed by atoms with Crippen molar-refractivity contribution in [3.05, 3.63) is 41.1 Å². The third kappa shape index (κ3) is 2.05. The Morgan fingerprint density at radius 2 is 2.21 bits per heavy atom. The number of phenolic OH excluding ortho intramolecular Hbond substituents is 1. The van der Waals surface area contributed by atoms with Crippen molar-refractivity contribution in [1.29, 1.82) is 0 Å². The molecule has 6 nitrogen and oxygen atoms in total. The number of ketones is 1. The van der Waals surface area contributed by atoms with Gasteiger partial charge in [0.15, 0.2) is 23.4 Å². The fourth-order valence-electron chi connectivity index (χ4n) is 7.01. The summed E-state index contributed by atoms with van der Waals surface area (Å²) in [5.41, 5.74) is 0.508. The Hall–Kier alpha value is -1.89. The molecule has 0 aromatic heterocycles. The second-order valence-corrected chi connectivity index (χ2v) is 9.64. The van der Waals surface area contributed by atoms with Crippen LogP contribution in [-0.4, -0.2) is 53.0 Å². The smallest absolute Gasteiger partial charge is 0.174 e. The van der Waals surface area contributed by atoms with Gasteiger partial charge in [-0.25, -0.2) is 0 Å².